The summed E-state index contributed by atoms with van der Waals surface area (Å²) in [5.41, 5.74) is 4.09. The predicted octanol–water partition coefficient (Wildman–Crippen LogP) is 8.16. The number of thiazole rings is 1. The molecule has 3 heterocycles. The van der Waals surface area contributed by atoms with Crippen LogP contribution in [0, 0.1) is 12.3 Å². The lowest BCUT2D eigenvalue weighted by molar-refractivity contribution is -0.137. The van der Waals surface area contributed by atoms with Gasteiger partial charge in [-0.2, -0.15) is 0 Å². The number of likely N-dealkylation sites (tertiary alicyclic amines) is 1. The fourth-order valence-electron chi connectivity index (χ4n) is 5.71. The molecule has 0 bridgehead atoms. The van der Waals surface area contributed by atoms with E-state index in [4.69, 9.17) is 14.1 Å². The Morgan fingerprint density at radius 1 is 1.09 bits per heavy atom. The Bertz CT molecular complexity index is 1550. The Kier molecular flexibility index (Phi) is 10.8. The molecule has 4 rings (SSSR count). The van der Waals surface area contributed by atoms with E-state index < -0.39 is 31.5 Å². The number of amides is 2. The van der Waals surface area contributed by atoms with Crippen molar-refractivity contribution in [1.82, 2.24) is 24.8 Å². The molecule has 47 heavy (non-hydrogen) atoms. The zero-order valence-corrected chi connectivity index (χ0v) is 32.2. The first-order valence-electron chi connectivity index (χ1n) is 16.6. The number of hydrogen-bond acceptors (Lipinski definition) is 7. The van der Waals surface area contributed by atoms with Crippen molar-refractivity contribution in [2.45, 2.75) is 131 Å². The Hall–Kier alpha value is -3.02. The molecule has 0 radical (unpaired) electrons. The summed E-state index contributed by atoms with van der Waals surface area (Å²) in [7, 11) is -2.13. The summed E-state index contributed by atoms with van der Waals surface area (Å²) in [6.45, 7) is 25.7. The summed E-state index contributed by atoms with van der Waals surface area (Å²) < 4.78 is 14.6. The van der Waals surface area contributed by atoms with Gasteiger partial charge in [-0.1, -0.05) is 65.8 Å². The summed E-state index contributed by atoms with van der Waals surface area (Å²) in [5, 5.41) is 2.93. The van der Waals surface area contributed by atoms with Gasteiger partial charge in [0.15, 0.2) is 8.32 Å². The van der Waals surface area contributed by atoms with Crippen LogP contribution in [0.3, 0.4) is 0 Å². The number of aromatic nitrogens is 3. The number of rotatable bonds is 9. The number of hydrogen-bond donors (Lipinski definition) is 1. The number of carbonyl (C=O) groups is 2. The maximum Gasteiger partial charge on any atom is 0.408 e. The van der Waals surface area contributed by atoms with Crippen LogP contribution in [0.25, 0.3) is 10.4 Å². The van der Waals surface area contributed by atoms with Gasteiger partial charge in [0.05, 0.1) is 28.2 Å². The second kappa shape index (κ2) is 13.8. The Morgan fingerprint density at radius 2 is 1.79 bits per heavy atom. The predicted molar refractivity (Wildman–Crippen MR) is 192 cm³/mol. The molecule has 2 amide bonds. The largest absolute Gasteiger partial charge is 0.444 e. The molecular weight excluding hydrogens is 627 g/mol. The van der Waals surface area contributed by atoms with E-state index in [1.54, 1.807) is 11.3 Å². The number of ether oxygens (including phenoxy) is 1. The van der Waals surface area contributed by atoms with E-state index in [2.05, 4.69) is 73.0 Å². The highest BCUT2D eigenvalue weighted by Gasteiger charge is 2.47. The molecule has 0 unspecified atom stereocenters. The molecule has 1 N–H and O–H groups in total. The quantitative estimate of drug-likeness (QED) is 0.229. The first kappa shape index (κ1) is 36.8. The van der Waals surface area contributed by atoms with Crippen LogP contribution in [0.15, 0.2) is 42.2 Å². The maximum absolute atomic E-state index is 14.5. The molecule has 1 aliphatic heterocycles. The van der Waals surface area contributed by atoms with E-state index in [-0.39, 0.29) is 23.1 Å². The number of aryl methyl sites for hydroxylation is 3. The van der Waals surface area contributed by atoms with Crippen molar-refractivity contribution >= 4 is 31.7 Å². The number of carbonyl (C=O) groups excluding carboxylic acids is 2. The van der Waals surface area contributed by atoms with E-state index >= 15 is 0 Å². The number of benzene rings is 1. The lowest BCUT2D eigenvalue weighted by atomic mass is 9.85. The second-order valence-corrected chi connectivity index (χ2v) is 22.0. The highest BCUT2D eigenvalue weighted by molar-refractivity contribution is 7.13. The molecule has 1 aromatic carbocycles. The summed E-state index contributed by atoms with van der Waals surface area (Å²) in [6.07, 6.45) is 4.52. The molecule has 3 atom stereocenters. The molecule has 9 nitrogen and oxygen atoms in total. The summed E-state index contributed by atoms with van der Waals surface area (Å²) in [6, 6.07) is 7.52. The maximum atomic E-state index is 14.5. The van der Waals surface area contributed by atoms with Crippen LogP contribution in [0.4, 0.5) is 4.79 Å². The minimum atomic E-state index is -2.13. The fraction of sp³-hybridized carbons (Fsp3) is 0.611. The number of imidazole rings is 1. The molecule has 1 saturated heterocycles. The van der Waals surface area contributed by atoms with Crippen LogP contribution in [0.2, 0.25) is 18.1 Å². The first-order valence-corrected chi connectivity index (χ1v) is 20.4. The lowest BCUT2D eigenvalue weighted by Crippen LogP contribution is -2.55. The molecule has 1 fully saturated rings. The smallest absolute Gasteiger partial charge is 0.408 e. The van der Waals surface area contributed by atoms with Crippen LogP contribution in [-0.4, -0.2) is 64.0 Å². The Labute approximate surface area is 286 Å². The molecule has 0 aliphatic carbocycles. The van der Waals surface area contributed by atoms with Gasteiger partial charge >= 0.3 is 6.09 Å². The van der Waals surface area contributed by atoms with Crippen molar-refractivity contribution in [3.05, 3.63) is 59.3 Å². The second-order valence-electron chi connectivity index (χ2n) is 16.4. The normalized spacial score (nSPS) is 18.3. The van der Waals surface area contributed by atoms with Crippen molar-refractivity contribution in [2.24, 2.45) is 5.41 Å². The minimum Gasteiger partial charge on any atom is -0.444 e. The van der Waals surface area contributed by atoms with Gasteiger partial charge in [-0.3, -0.25) is 4.79 Å². The van der Waals surface area contributed by atoms with Crippen molar-refractivity contribution in [1.29, 1.82) is 0 Å². The molecule has 11 heteroatoms. The highest BCUT2D eigenvalue weighted by Crippen LogP contribution is 2.42. The van der Waals surface area contributed by atoms with Crippen molar-refractivity contribution in [3.63, 3.8) is 0 Å². The highest BCUT2D eigenvalue weighted by atomic mass is 32.1. The van der Waals surface area contributed by atoms with E-state index in [0.717, 1.165) is 17.9 Å². The van der Waals surface area contributed by atoms with Crippen molar-refractivity contribution in [3.8, 4) is 10.4 Å². The van der Waals surface area contributed by atoms with E-state index in [1.165, 1.54) is 16.0 Å². The zero-order valence-electron chi connectivity index (χ0n) is 30.4. The van der Waals surface area contributed by atoms with Crippen LogP contribution >= 0.6 is 11.3 Å². The summed E-state index contributed by atoms with van der Waals surface area (Å²) >= 11 is 1.66. The van der Waals surface area contributed by atoms with Gasteiger partial charge in [-0.05, 0) is 68.8 Å². The van der Waals surface area contributed by atoms with Gasteiger partial charge in [0.1, 0.15) is 17.5 Å². The molecule has 0 saturated carbocycles. The number of nitrogens with zero attached hydrogens (tertiary/aromatic N) is 4. The molecule has 0 spiro atoms. The van der Waals surface area contributed by atoms with Crippen molar-refractivity contribution in [2.75, 3.05) is 6.54 Å². The van der Waals surface area contributed by atoms with Crippen LogP contribution < -0.4 is 5.32 Å². The van der Waals surface area contributed by atoms with Gasteiger partial charge in [0.25, 0.3) is 0 Å². The monoisotopic (exact) mass is 681 g/mol. The zero-order chi connectivity index (χ0) is 34.9. The van der Waals surface area contributed by atoms with Gasteiger partial charge in [0, 0.05) is 31.9 Å². The molecule has 2 aromatic heterocycles. The minimum absolute atomic E-state index is 0.0247. The average Bonchev–Trinajstić information content (AvgIpc) is 3.67. The van der Waals surface area contributed by atoms with Gasteiger partial charge in [0.2, 0.25) is 5.91 Å². The van der Waals surface area contributed by atoms with Gasteiger partial charge in [-0.25, -0.2) is 14.8 Å². The molecular formula is C36H55N5O4SSi. The first-order chi connectivity index (χ1) is 21.7. The van der Waals surface area contributed by atoms with Crippen LogP contribution in [-0.2, 0) is 26.9 Å². The van der Waals surface area contributed by atoms with Gasteiger partial charge < -0.3 is 23.9 Å². The summed E-state index contributed by atoms with van der Waals surface area (Å²) in [4.78, 5) is 39.8. The van der Waals surface area contributed by atoms with Crippen LogP contribution in [0.5, 0.6) is 0 Å². The molecule has 1 aliphatic rings. The standard InChI is InChI=1S/C36H55N5O4SSi/c1-24-29(46-23-38-24)26-15-13-14-25(20-26)16-18-40-19-17-37-31(40)28-21-27(45-47(11,12)36(8,9)10)22-41(28)32(42)30(34(2,3)4)39-33(43)44-35(5,6)7/h13-15,17,19-20,23,27-28,30H,16,18,21-22H2,1-12H3,(H,39,43)/t27-,28+,30-/m1/s1. The average molecular weight is 682 g/mol. The summed E-state index contributed by atoms with van der Waals surface area (Å²) in [5.74, 6) is 0.677. The topological polar surface area (TPSA) is 98.6 Å². The SMILES string of the molecule is Cc1ncsc1-c1cccc(CCn2ccnc2[C@@H]2C[C@@H](O[Si](C)(C)C(C)(C)C)CN2C(=O)[C@@H](NC(=O)OC(C)(C)C)C(C)(C)C)c1. The molecule has 3 aromatic rings. The van der Waals surface area contributed by atoms with Crippen LogP contribution in [0.1, 0.15) is 91.9 Å². The third-order valence-corrected chi connectivity index (χ3v) is 14.7. The third kappa shape index (κ3) is 9.12. The Morgan fingerprint density at radius 3 is 2.38 bits per heavy atom. The van der Waals surface area contributed by atoms with E-state index in [0.29, 0.717) is 19.5 Å². The Balaban J connectivity index is 1.62. The van der Waals surface area contributed by atoms with Crippen molar-refractivity contribution < 1.29 is 18.8 Å². The fourth-order valence-corrected chi connectivity index (χ4v) is 7.87. The van der Waals surface area contributed by atoms with E-state index in [1.807, 2.05) is 71.3 Å². The van der Waals surface area contributed by atoms with E-state index in [9.17, 15) is 9.59 Å². The third-order valence-electron chi connectivity index (χ3n) is 9.21. The molecule has 258 valence electrons. The lowest BCUT2D eigenvalue weighted by Gasteiger charge is -2.38. The number of nitrogens with one attached hydrogen (secondary N) is 1. The number of alkyl carbamates (subject to hydrolysis) is 1. The van der Waals surface area contributed by atoms with Gasteiger partial charge in [-0.15, -0.1) is 11.3 Å².